The van der Waals surface area contributed by atoms with Crippen molar-refractivity contribution in [2.45, 2.75) is 56.4 Å². The standard InChI is InChI=1S/C17H19ClF3N3O2/c18-11-6-5-9(7-10(11)17(19,20)21)22-15(25)8-14-16(26)24-13-4-2-1-3-12(13)23-14/h5-7,12-14,23H,1-4,8H2,(H,22,25)(H,24,26)/t12-,13-,14+/m1/s1. The van der Waals surface area contributed by atoms with Crippen molar-refractivity contribution in [3.8, 4) is 0 Å². The summed E-state index contributed by atoms with van der Waals surface area (Å²) in [6.07, 6.45) is -0.805. The molecule has 2 fully saturated rings. The third-order valence-electron chi connectivity index (χ3n) is 4.77. The van der Waals surface area contributed by atoms with E-state index < -0.39 is 28.7 Å². The molecule has 2 aliphatic rings. The van der Waals surface area contributed by atoms with Gasteiger partial charge in [-0.2, -0.15) is 13.2 Å². The zero-order chi connectivity index (χ0) is 18.9. The highest BCUT2D eigenvalue weighted by atomic mass is 35.5. The Morgan fingerprint density at radius 1 is 1.23 bits per heavy atom. The molecule has 1 aliphatic heterocycles. The SMILES string of the molecule is O=C(C[C@@H]1N[C@@H]2CCCC[C@H]2NC1=O)Nc1ccc(Cl)c(C(F)(F)F)c1. The van der Waals surface area contributed by atoms with Crippen LogP contribution in [0.15, 0.2) is 18.2 Å². The van der Waals surface area contributed by atoms with E-state index in [4.69, 9.17) is 11.6 Å². The summed E-state index contributed by atoms with van der Waals surface area (Å²) >= 11 is 5.56. The normalized spacial score (nSPS) is 26.0. The predicted octanol–water partition coefficient (Wildman–Crippen LogP) is 3.09. The number of nitrogens with one attached hydrogen (secondary N) is 3. The number of halogens is 4. The van der Waals surface area contributed by atoms with E-state index in [9.17, 15) is 22.8 Å². The van der Waals surface area contributed by atoms with Gasteiger partial charge in [-0.1, -0.05) is 24.4 Å². The molecule has 0 radical (unpaired) electrons. The molecule has 26 heavy (non-hydrogen) atoms. The molecule has 1 saturated heterocycles. The van der Waals surface area contributed by atoms with Crippen LogP contribution < -0.4 is 16.0 Å². The fraction of sp³-hybridized carbons (Fsp3) is 0.529. The summed E-state index contributed by atoms with van der Waals surface area (Å²) < 4.78 is 38.7. The largest absolute Gasteiger partial charge is 0.417 e. The number of rotatable bonds is 3. The maximum atomic E-state index is 12.9. The van der Waals surface area contributed by atoms with Crippen LogP contribution in [0.25, 0.3) is 0 Å². The minimum Gasteiger partial charge on any atom is -0.350 e. The second kappa shape index (κ2) is 7.44. The van der Waals surface area contributed by atoms with E-state index >= 15 is 0 Å². The van der Waals surface area contributed by atoms with Crippen molar-refractivity contribution in [3.05, 3.63) is 28.8 Å². The first-order chi connectivity index (χ1) is 12.2. The summed E-state index contributed by atoms with van der Waals surface area (Å²) in [7, 11) is 0. The lowest BCUT2D eigenvalue weighted by molar-refractivity contribution is -0.137. The molecule has 3 rings (SSSR count). The van der Waals surface area contributed by atoms with Crippen molar-refractivity contribution < 1.29 is 22.8 Å². The fourth-order valence-corrected chi connectivity index (χ4v) is 3.71. The number of anilines is 1. The summed E-state index contributed by atoms with van der Waals surface area (Å²) in [4.78, 5) is 24.3. The first kappa shape index (κ1) is 19.0. The predicted molar refractivity (Wildman–Crippen MR) is 90.8 cm³/mol. The molecule has 3 N–H and O–H groups in total. The van der Waals surface area contributed by atoms with Gasteiger partial charge in [0.25, 0.3) is 0 Å². The summed E-state index contributed by atoms with van der Waals surface area (Å²) in [6.45, 7) is 0. The molecule has 0 aromatic heterocycles. The smallest absolute Gasteiger partial charge is 0.350 e. The summed E-state index contributed by atoms with van der Waals surface area (Å²) in [5.41, 5.74) is -1.03. The number of hydrogen-bond donors (Lipinski definition) is 3. The molecule has 1 saturated carbocycles. The summed E-state index contributed by atoms with van der Waals surface area (Å²) in [5.74, 6) is -0.794. The van der Waals surface area contributed by atoms with Crippen LogP contribution in [0.3, 0.4) is 0 Å². The number of benzene rings is 1. The quantitative estimate of drug-likeness (QED) is 0.744. The van der Waals surface area contributed by atoms with E-state index in [1.54, 1.807) is 0 Å². The maximum absolute atomic E-state index is 12.9. The molecule has 3 atom stereocenters. The van der Waals surface area contributed by atoms with Crippen LogP contribution in [0.1, 0.15) is 37.7 Å². The average Bonchev–Trinajstić information content (AvgIpc) is 2.56. The van der Waals surface area contributed by atoms with Gasteiger partial charge >= 0.3 is 6.18 Å². The number of piperazine rings is 1. The average molecular weight is 390 g/mol. The van der Waals surface area contributed by atoms with E-state index in [1.165, 1.54) is 6.07 Å². The Labute approximate surface area is 153 Å². The van der Waals surface area contributed by atoms with Crippen LogP contribution in [0.2, 0.25) is 5.02 Å². The van der Waals surface area contributed by atoms with Crippen molar-refractivity contribution in [3.63, 3.8) is 0 Å². The van der Waals surface area contributed by atoms with Crippen LogP contribution in [0.5, 0.6) is 0 Å². The van der Waals surface area contributed by atoms with Crippen LogP contribution in [-0.2, 0) is 15.8 Å². The van der Waals surface area contributed by atoms with Crippen LogP contribution in [-0.4, -0.2) is 29.9 Å². The van der Waals surface area contributed by atoms with Gasteiger partial charge in [-0.25, -0.2) is 0 Å². The van der Waals surface area contributed by atoms with Crippen LogP contribution in [0.4, 0.5) is 18.9 Å². The number of amides is 2. The molecular weight excluding hydrogens is 371 g/mol. The highest BCUT2D eigenvalue weighted by molar-refractivity contribution is 6.31. The minimum atomic E-state index is -4.61. The fourth-order valence-electron chi connectivity index (χ4n) is 3.49. The van der Waals surface area contributed by atoms with Gasteiger partial charge in [0.1, 0.15) is 0 Å². The number of carbonyl (C=O) groups excluding carboxylic acids is 2. The molecule has 1 aromatic carbocycles. The van der Waals surface area contributed by atoms with Crippen molar-refractivity contribution in [2.24, 2.45) is 0 Å². The van der Waals surface area contributed by atoms with Gasteiger partial charge in [0.15, 0.2) is 0 Å². The van der Waals surface area contributed by atoms with E-state index in [2.05, 4.69) is 16.0 Å². The van der Waals surface area contributed by atoms with Crippen LogP contribution >= 0.6 is 11.6 Å². The van der Waals surface area contributed by atoms with Crippen molar-refractivity contribution in [2.75, 3.05) is 5.32 Å². The molecule has 1 aromatic rings. The van der Waals surface area contributed by atoms with Crippen molar-refractivity contribution in [1.29, 1.82) is 0 Å². The Morgan fingerprint density at radius 2 is 1.92 bits per heavy atom. The number of hydrogen-bond acceptors (Lipinski definition) is 3. The lowest BCUT2D eigenvalue weighted by Crippen LogP contribution is -2.65. The van der Waals surface area contributed by atoms with Crippen molar-refractivity contribution >= 4 is 29.1 Å². The Kier molecular flexibility index (Phi) is 5.43. The van der Waals surface area contributed by atoms with Gasteiger partial charge in [0.2, 0.25) is 11.8 Å². The zero-order valence-electron chi connectivity index (χ0n) is 13.8. The van der Waals surface area contributed by atoms with Gasteiger partial charge in [0.05, 0.1) is 23.0 Å². The first-order valence-electron chi connectivity index (χ1n) is 8.47. The summed E-state index contributed by atoms with van der Waals surface area (Å²) in [5, 5.41) is 8.09. The van der Waals surface area contributed by atoms with E-state index in [1.807, 2.05) is 0 Å². The number of alkyl halides is 3. The molecule has 142 valence electrons. The Bertz CT molecular complexity index is 711. The number of fused-ring (bicyclic) bond motifs is 1. The molecule has 0 spiro atoms. The highest BCUT2D eigenvalue weighted by Gasteiger charge is 2.37. The van der Waals surface area contributed by atoms with E-state index in [-0.39, 0.29) is 30.1 Å². The minimum absolute atomic E-state index is 0.0153. The van der Waals surface area contributed by atoms with Gasteiger partial charge in [-0.05, 0) is 31.0 Å². The van der Waals surface area contributed by atoms with Gasteiger partial charge in [-0.3, -0.25) is 9.59 Å². The van der Waals surface area contributed by atoms with Gasteiger partial charge in [-0.15, -0.1) is 0 Å². The molecular formula is C17H19ClF3N3O2. The molecule has 9 heteroatoms. The Hall–Kier alpha value is -1.80. The topological polar surface area (TPSA) is 70.2 Å². The highest BCUT2D eigenvalue weighted by Crippen LogP contribution is 2.36. The molecule has 1 aliphatic carbocycles. The zero-order valence-corrected chi connectivity index (χ0v) is 14.6. The second-order valence-corrected chi connectivity index (χ2v) is 7.08. The lowest BCUT2D eigenvalue weighted by atomic mass is 9.87. The molecule has 5 nitrogen and oxygen atoms in total. The van der Waals surface area contributed by atoms with E-state index in [0.29, 0.717) is 0 Å². The van der Waals surface area contributed by atoms with Gasteiger partial charge < -0.3 is 16.0 Å². The second-order valence-electron chi connectivity index (χ2n) is 6.67. The van der Waals surface area contributed by atoms with E-state index in [0.717, 1.165) is 37.8 Å². The maximum Gasteiger partial charge on any atom is 0.417 e. The lowest BCUT2D eigenvalue weighted by Gasteiger charge is -2.40. The monoisotopic (exact) mass is 389 g/mol. The van der Waals surface area contributed by atoms with Crippen LogP contribution in [0, 0.1) is 0 Å². The molecule has 0 unspecified atom stereocenters. The summed E-state index contributed by atoms with van der Waals surface area (Å²) in [6, 6.07) is 2.68. The molecule has 0 bridgehead atoms. The third kappa shape index (κ3) is 4.29. The first-order valence-corrected chi connectivity index (χ1v) is 8.85. The Balaban J connectivity index is 1.63. The van der Waals surface area contributed by atoms with Crippen molar-refractivity contribution in [1.82, 2.24) is 10.6 Å². The van der Waals surface area contributed by atoms with Gasteiger partial charge in [0, 0.05) is 17.8 Å². The third-order valence-corrected chi connectivity index (χ3v) is 5.10. The molecule has 1 heterocycles. The Morgan fingerprint density at radius 3 is 2.62 bits per heavy atom. The number of carbonyl (C=O) groups is 2. The molecule has 2 amide bonds.